The third-order valence-corrected chi connectivity index (χ3v) is 4.33. The van der Waals surface area contributed by atoms with E-state index in [0.29, 0.717) is 12.8 Å². The predicted molar refractivity (Wildman–Crippen MR) is 72.2 cm³/mol. The lowest BCUT2D eigenvalue weighted by molar-refractivity contribution is -0.109. The fourth-order valence-electron chi connectivity index (χ4n) is 0.362. The van der Waals surface area contributed by atoms with Crippen LogP contribution >= 0.6 is 66.8 Å². The summed E-state index contributed by atoms with van der Waals surface area (Å²) in [6.07, 6.45) is 1.24. The fraction of sp³-hybridized carbons (Fsp3) is 0.667. The molecule has 0 aromatic rings. The average molecular weight is 430 g/mol. The van der Waals surface area contributed by atoms with Crippen molar-refractivity contribution in [1.29, 1.82) is 0 Å². The molecule has 6 heteroatoms. The van der Waals surface area contributed by atoms with Crippen molar-refractivity contribution >= 4 is 74.3 Å². The van der Waals surface area contributed by atoms with Gasteiger partial charge in [-0.2, -0.15) is 0 Å². The summed E-state index contributed by atoms with van der Waals surface area (Å²) in [5, 5.41) is 0. The second-order valence-electron chi connectivity index (χ2n) is 1.85. The van der Waals surface area contributed by atoms with Crippen LogP contribution in [0.5, 0.6) is 0 Å². The summed E-state index contributed by atoms with van der Waals surface area (Å²) in [5.74, 6) is 1.70. The first-order chi connectivity index (χ1) is 5.63. The number of halogens is 2. The van der Waals surface area contributed by atoms with Gasteiger partial charge in [-0.1, -0.05) is 21.6 Å². The number of hydrogen-bond acceptors (Lipinski definition) is 4. The van der Waals surface area contributed by atoms with Gasteiger partial charge < -0.3 is 0 Å². The van der Waals surface area contributed by atoms with E-state index in [1.807, 2.05) is 0 Å². The minimum Gasteiger partial charge on any atom is -0.288 e. The molecule has 0 aromatic heterocycles. The zero-order chi connectivity index (χ0) is 9.40. The monoisotopic (exact) mass is 430 g/mol. The molecule has 0 amide bonds. The molecule has 0 heterocycles. The Labute approximate surface area is 107 Å². The van der Waals surface area contributed by atoms with Crippen molar-refractivity contribution < 1.29 is 9.59 Å². The van der Waals surface area contributed by atoms with E-state index < -0.39 is 0 Å². The molecule has 0 aliphatic rings. The second kappa shape index (κ2) is 9.07. The van der Waals surface area contributed by atoms with Gasteiger partial charge in [0.25, 0.3) is 0 Å². The van der Waals surface area contributed by atoms with Crippen molar-refractivity contribution in [1.82, 2.24) is 0 Å². The van der Waals surface area contributed by atoms with E-state index in [1.54, 1.807) is 66.8 Å². The molecule has 0 radical (unpaired) electrons. The predicted octanol–water partition coefficient (Wildman–Crippen LogP) is 3.07. The number of carbonyl (C=O) groups excluding carboxylic acids is 2. The van der Waals surface area contributed by atoms with Crippen LogP contribution < -0.4 is 0 Å². The normalized spacial score (nSPS) is 9.83. The van der Waals surface area contributed by atoms with E-state index >= 15 is 0 Å². The van der Waals surface area contributed by atoms with Gasteiger partial charge in [0.1, 0.15) is 0 Å². The molecule has 0 saturated heterocycles. The molecule has 0 aromatic carbocycles. The van der Waals surface area contributed by atoms with Crippen LogP contribution in [0.2, 0.25) is 0 Å². The molecule has 2 nitrogen and oxygen atoms in total. The minimum absolute atomic E-state index is 0.200. The smallest absolute Gasteiger partial charge is 0.193 e. The Bertz CT molecular complexity index is 146. The van der Waals surface area contributed by atoms with Crippen LogP contribution in [0.3, 0.4) is 0 Å². The maximum absolute atomic E-state index is 10.5. The van der Waals surface area contributed by atoms with Crippen LogP contribution in [0.15, 0.2) is 0 Å². The Hall–Kier alpha value is 1.50. The van der Waals surface area contributed by atoms with E-state index in [0.717, 1.165) is 11.5 Å². The standard InChI is InChI=1S/C6H8I2O2S2/c7-5(9)1-3-11-12-4-2-6(8)10/h1-4H2. The van der Waals surface area contributed by atoms with Crippen molar-refractivity contribution in [3.8, 4) is 0 Å². The first-order valence-corrected chi connectivity index (χ1v) is 7.88. The largest absolute Gasteiger partial charge is 0.288 e. The zero-order valence-electron chi connectivity index (χ0n) is 6.22. The van der Waals surface area contributed by atoms with Crippen LogP contribution in [-0.2, 0) is 9.59 Å². The molecular formula is C6H8I2O2S2. The number of hydrogen-bond donors (Lipinski definition) is 0. The van der Waals surface area contributed by atoms with Crippen molar-refractivity contribution in [2.45, 2.75) is 12.8 Å². The lowest BCUT2D eigenvalue weighted by Gasteiger charge is -1.96. The SMILES string of the molecule is O=C(I)CCSSCCC(=O)I. The number of rotatable bonds is 7. The highest BCUT2D eigenvalue weighted by Gasteiger charge is 1.98. The minimum atomic E-state index is 0.200. The molecule has 0 spiro atoms. The molecular weight excluding hydrogens is 422 g/mol. The summed E-state index contributed by atoms with van der Waals surface area (Å²) in [4.78, 5) is 21.0. The third kappa shape index (κ3) is 11.5. The van der Waals surface area contributed by atoms with Gasteiger partial charge in [-0.25, -0.2) is 0 Å². The molecule has 70 valence electrons. The van der Waals surface area contributed by atoms with Gasteiger partial charge in [0.2, 0.25) is 0 Å². The highest BCUT2D eigenvalue weighted by atomic mass is 127. The fourth-order valence-corrected chi connectivity index (χ4v) is 3.61. The molecule has 0 saturated carbocycles. The van der Waals surface area contributed by atoms with Crippen LogP contribution in [0.1, 0.15) is 12.8 Å². The molecule has 0 fully saturated rings. The second-order valence-corrected chi connectivity index (χ2v) is 6.96. The summed E-state index contributed by atoms with van der Waals surface area (Å²) in [6, 6.07) is 0. The lowest BCUT2D eigenvalue weighted by Crippen LogP contribution is -1.88. The maximum Gasteiger partial charge on any atom is 0.193 e. The van der Waals surface area contributed by atoms with Crippen LogP contribution in [0.4, 0.5) is 0 Å². The van der Waals surface area contributed by atoms with Gasteiger partial charge in [0.05, 0.1) is 0 Å². The quantitative estimate of drug-likeness (QED) is 0.269. The van der Waals surface area contributed by atoms with Crippen LogP contribution in [0.25, 0.3) is 0 Å². The molecule has 0 aliphatic heterocycles. The van der Waals surface area contributed by atoms with Crippen molar-refractivity contribution in [2.24, 2.45) is 0 Å². The lowest BCUT2D eigenvalue weighted by atomic mass is 10.6. The van der Waals surface area contributed by atoms with E-state index in [9.17, 15) is 9.59 Å². The van der Waals surface area contributed by atoms with Crippen LogP contribution in [0, 0.1) is 0 Å². The van der Waals surface area contributed by atoms with Crippen molar-refractivity contribution in [3.63, 3.8) is 0 Å². The third-order valence-electron chi connectivity index (χ3n) is 0.847. The molecule has 0 atom stereocenters. The van der Waals surface area contributed by atoms with Gasteiger partial charge in [0.15, 0.2) is 7.58 Å². The molecule has 0 aliphatic carbocycles. The molecule has 0 rings (SSSR count). The summed E-state index contributed by atoms with van der Waals surface area (Å²) in [5.41, 5.74) is 0. The Morgan fingerprint density at radius 2 is 1.25 bits per heavy atom. The van der Waals surface area contributed by atoms with Crippen LogP contribution in [-0.4, -0.2) is 19.1 Å². The average Bonchev–Trinajstić information content (AvgIpc) is 1.95. The molecule has 0 N–H and O–H groups in total. The summed E-state index contributed by atoms with van der Waals surface area (Å²) >= 11 is 3.59. The van der Waals surface area contributed by atoms with Crippen molar-refractivity contribution in [3.05, 3.63) is 0 Å². The van der Waals surface area contributed by atoms with Gasteiger partial charge in [-0.15, -0.1) is 0 Å². The van der Waals surface area contributed by atoms with E-state index in [1.165, 1.54) is 0 Å². The van der Waals surface area contributed by atoms with E-state index in [2.05, 4.69) is 0 Å². The maximum atomic E-state index is 10.5. The Balaban J connectivity index is 3.01. The van der Waals surface area contributed by atoms with E-state index in [4.69, 9.17) is 0 Å². The van der Waals surface area contributed by atoms with Gasteiger partial charge >= 0.3 is 0 Å². The first kappa shape index (κ1) is 13.5. The van der Waals surface area contributed by atoms with Gasteiger partial charge in [-0.05, 0) is 45.2 Å². The summed E-state index contributed by atoms with van der Waals surface area (Å²) < 4.78 is 0.399. The highest BCUT2D eigenvalue weighted by Crippen LogP contribution is 2.23. The summed E-state index contributed by atoms with van der Waals surface area (Å²) in [7, 11) is 3.32. The Kier molecular flexibility index (Phi) is 10.2. The zero-order valence-corrected chi connectivity index (χ0v) is 12.2. The Morgan fingerprint density at radius 3 is 1.50 bits per heavy atom. The van der Waals surface area contributed by atoms with Gasteiger partial charge in [0, 0.05) is 24.3 Å². The summed E-state index contributed by atoms with van der Waals surface area (Å²) in [6.45, 7) is 0. The highest BCUT2D eigenvalue weighted by molar-refractivity contribution is 14.1. The topological polar surface area (TPSA) is 34.1 Å². The molecule has 12 heavy (non-hydrogen) atoms. The van der Waals surface area contributed by atoms with Gasteiger partial charge in [-0.3, -0.25) is 9.59 Å². The molecule has 0 bridgehead atoms. The Morgan fingerprint density at radius 1 is 0.917 bits per heavy atom. The van der Waals surface area contributed by atoms with E-state index in [-0.39, 0.29) is 7.58 Å². The number of carbonyl (C=O) groups is 2. The molecule has 0 unspecified atom stereocenters. The first-order valence-electron chi connectivity index (χ1n) is 3.24. The van der Waals surface area contributed by atoms with Crippen molar-refractivity contribution in [2.75, 3.05) is 11.5 Å².